The first-order chi connectivity index (χ1) is 7.77. The van der Waals surface area contributed by atoms with Crippen LogP contribution in [0.25, 0.3) is 0 Å². The van der Waals surface area contributed by atoms with E-state index in [1.807, 2.05) is 0 Å². The van der Waals surface area contributed by atoms with Crippen molar-refractivity contribution in [2.45, 2.75) is 6.42 Å². The van der Waals surface area contributed by atoms with Crippen LogP contribution in [0.5, 0.6) is 0 Å². The molecule has 0 amide bonds. The molecule has 0 saturated heterocycles. The second kappa shape index (κ2) is 6.73. The fraction of sp³-hybridized carbons (Fsp3) is 0.500. The number of hydrogen-bond donors (Lipinski definition) is 1. The number of nitrogens with one attached hydrogen (secondary N) is 1. The Labute approximate surface area is 94.0 Å². The normalized spacial score (nSPS) is 9.88. The Morgan fingerprint density at radius 2 is 2.19 bits per heavy atom. The minimum atomic E-state index is -0.488. The van der Waals surface area contributed by atoms with Crippen LogP contribution in [0.4, 0.5) is 5.82 Å². The molecule has 0 aliphatic rings. The monoisotopic (exact) mass is 225 g/mol. The molecule has 88 valence electrons. The summed E-state index contributed by atoms with van der Waals surface area (Å²) in [5, 5.41) is 10.6. The Bertz CT molecular complexity index is 327. The number of methoxy groups -OCH3 is 2. The van der Waals surface area contributed by atoms with Gasteiger partial charge in [0.25, 0.3) is 0 Å². The lowest BCUT2D eigenvalue weighted by Crippen LogP contribution is -2.09. The number of esters is 1. The zero-order valence-electron chi connectivity index (χ0n) is 9.40. The number of hydrogen-bond acceptors (Lipinski definition) is 6. The van der Waals surface area contributed by atoms with E-state index in [-0.39, 0.29) is 5.69 Å². The first-order valence-electron chi connectivity index (χ1n) is 4.92. The van der Waals surface area contributed by atoms with Crippen LogP contribution in [0.2, 0.25) is 0 Å². The number of aromatic nitrogens is 2. The standard InChI is InChI=1S/C10H15N3O3/c1-15-7-3-6-11-9-5-4-8(12-13-9)10(14)16-2/h4-5H,3,6-7H2,1-2H3,(H,11,13). The van der Waals surface area contributed by atoms with Gasteiger partial charge in [-0.2, -0.15) is 0 Å². The molecular weight excluding hydrogens is 210 g/mol. The summed E-state index contributed by atoms with van der Waals surface area (Å²) < 4.78 is 9.42. The van der Waals surface area contributed by atoms with Crippen molar-refractivity contribution < 1.29 is 14.3 Å². The zero-order chi connectivity index (χ0) is 11.8. The number of anilines is 1. The third-order valence-corrected chi connectivity index (χ3v) is 1.89. The summed E-state index contributed by atoms with van der Waals surface area (Å²) >= 11 is 0. The highest BCUT2D eigenvalue weighted by Crippen LogP contribution is 2.02. The van der Waals surface area contributed by atoms with Crippen LogP contribution >= 0.6 is 0 Å². The minimum Gasteiger partial charge on any atom is -0.464 e. The Kier molecular flexibility index (Phi) is 5.21. The zero-order valence-corrected chi connectivity index (χ0v) is 9.40. The van der Waals surface area contributed by atoms with Crippen molar-refractivity contribution in [1.82, 2.24) is 10.2 Å². The van der Waals surface area contributed by atoms with E-state index in [0.29, 0.717) is 12.4 Å². The first kappa shape index (κ1) is 12.4. The van der Waals surface area contributed by atoms with Gasteiger partial charge in [-0.15, -0.1) is 10.2 Å². The molecule has 1 rings (SSSR count). The number of nitrogens with zero attached hydrogens (tertiary/aromatic N) is 2. The number of rotatable bonds is 6. The summed E-state index contributed by atoms with van der Waals surface area (Å²) in [6.45, 7) is 1.45. The van der Waals surface area contributed by atoms with E-state index in [1.54, 1.807) is 19.2 Å². The van der Waals surface area contributed by atoms with Gasteiger partial charge in [0, 0.05) is 20.3 Å². The summed E-state index contributed by atoms with van der Waals surface area (Å²) in [5.41, 5.74) is 0.199. The molecule has 0 atom stereocenters. The van der Waals surface area contributed by atoms with Crippen molar-refractivity contribution >= 4 is 11.8 Å². The highest BCUT2D eigenvalue weighted by Gasteiger charge is 2.06. The smallest absolute Gasteiger partial charge is 0.358 e. The molecule has 6 heteroatoms. The molecule has 1 aromatic rings. The Hall–Kier alpha value is -1.69. The van der Waals surface area contributed by atoms with Gasteiger partial charge in [-0.1, -0.05) is 0 Å². The van der Waals surface area contributed by atoms with Crippen LogP contribution in [0, 0.1) is 0 Å². The van der Waals surface area contributed by atoms with E-state index in [9.17, 15) is 4.79 Å². The van der Waals surface area contributed by atoms with Crippen LogP contribution in [0.1, 0.15) is 16.9 Å². The van der Waals surface area contributed by atoms with Crippen molar-refractivity contribution in [3.63, 3.8) is 0 Å². The molecule has 0 bridgehead atoms. The van der Waals surface area contributed by atoms with Crippen LogP contribution in [-0.4, -0.2) is 43.5 Å². The lowest BCUT2D eigenvalue weighted by molar-refractivity contribution is 0.0593. The molecule has 0 spiro atoms. The van der Waals surface area contributed by atoms with Gasteiger partial charge < -0.3 is 14.8 Å². The summed E-state index contributed by atoms with van der Waals surface area (Å²) in [4.78, 5) is 11.1. The van der Waals surface area contributed by atoms with Gasteiger partial charge in [0.15, 0.2) is 5.69 Å². The van der Waals surface area contributed by atoms with E-state index in [1.165, 1.54) is 7.11 Å². The Morgan fingerprint density at radius 1 is 1.38 bits per heavy atom. The van der Waals surface area contributed by atoms with E-state index < -0.39 is 5.97 Å². The maximum Gasteiger partial charge on any atom is 0.358 e. The Balaban J connectivity index is 2.42. The average Bonchev–Trinajstić information content (AvgIpc) is 2.34. The largest absolute Gasteiger partial charge is 0.464 e. The van der Waals surface area contributed by atoms with Crippen LogP contribution in [-0.2, 0) is 9.47 Å². The molecule has 0 aliphatic carbocycles. The summed E-state index contributed by atoms with van der Waals surface area (Å²) in [5.74, 6) is 0.141. The van der Waals surface area contributed by atoms with Crippen LogP contribution in [0.3, 0.4) is 0 Å². The second-order valence-corrected chi connectivity index (χ2v) is 3.07. The third-order valence-electron chi connectivity index (χ3n) is 1.89. The van der Waals surface area contributed by atoms with Gasteiger partial charge in [0.05, 0.1) is 7.11 Å². The van der Waals surface area contributed by atoms with Gasteiger partial charge in [-0.25, -0.2) is 4.79 Å². The first-order valence-corrected chi connectivity index (χ1v) is 4.92. The van der Waals surface area contributed by atoms with Crippen molar-refractivity contribution in [3.05, 3.63) is 17.8 Å². The Morgan fingerprint density at radius 3 is 2.75 bits per heavy atom. The minimum absolute atomic E-state index is 0.199. The highest BCUT2D eigenvalue weighted by atomic mass is 16.5. The van der Waals surface area contributed by atoms with Crippen LogP contribution < -0.4 is 5.32 Å². The quantitative estimate of drug-likeness (QED) is 0.568. The highest BCUT2D eigenvalue weighted by molar-refractivity contribution is 5.86. The van der Waals surface area contributed by atoms with E-state index >= 15 is 0 Å². The van der Waals surface area contributed by atoms with Crippen LogP contribution in [0.15, 0.2) is 12.1 Å². The molecule has 0 aromatic carbocycles. The van der Waals surface area contributed by atoms with E-state index in [4.69, 9.17) is 4.74 Å². The molecule has 0 unspecified atom stereocenters. The summed E-state index contributed by atoms with van der Waals surface area (Å²) in [6.07, 6.45) is 0.886. The maximum atomic E-state index is 11.1. The van der Waals surface area contributed by atoms with Gasteiger partial charge in [0.2, 0.25) is 0 Å². The topological polar surface area (TPSA) is 73.3 Å². The van der Waals surface area contributed by atoms with Gasteiger partial charge in [0.1, 0.15) is 5.82 Å². The predicted molar refractivity (Wildman–Crippen MR) is 58.4 cm³/mol. The van der Waals surface area contributed by atoms with Gasteiger partial charge in [-0.05, 0) is 18.6 Å². The fourth-order valence-corrected chi connectivity index (χ4v) is 1.07. The molecule has 0 radical (unpaired) electrons. The molecule has 1 aromatic heterocycles. The lowest BCUT2D eigenvalue weighted by Gasteiger charge is -2.04. The lowest BCUT2D eigenvalue weighted by atomic mass is 10.4. The van der Waals surface area contributed by atoms with Crippen molar-refractivity contribution in [2.75, 3.05) is 32.7 Å². The van der Waals surface area contributed by atoms with Crippen molar-refractivity contribution in [1.29, 1.82) is 0 Å². The number of carbonyl (C=O) groups excluding carboxylic acids is 1. The van der Waals surface area contributed by atoms with Crippen molar-refractivity contribution in [2.24, 2.45) is 0 Å². The molecule has 1 N–H and O–H groups in total. The average molecular weight is 225 g/mol. The third kappa shape index (κ3) is 3.82. The summed E-state index contributed by atoms with van der Waals surface area (Å²) in [6, 6.07) is 3.25. The maximum absolute atomic E-state index is 11.1. The molecular formula is C10H15N3O3. The molecule has 6 nitrogen and oxygen atoms in total. The van der Waals surface area contributed by atoms with E-state index in [2.05, 4.69) is 20.3 Å². The molecule has 0 fully saturated rings. The number of ether oxygens (including phenoxy) is 2. The molecule has 1 heterocycles. The summed E-state index contributed by atoms with van der Waals surface area (Å²) in [7, 11) is 2.96. The molecule has 0 saturated carbocycles. The van der Waals surface area contributed by atoms with Crippen molar-refractivity contribution in [3.8, 4) is 0 Å². The molecule has 16 heavy (non-hydrogen) atoms. The molecule has 0 aliphatic heterocycles. The van der Waals surface area contributed by atoms with E-state index in [0.717, 1.165) is 13.0 Å². The second-order valence-electron chi connectivity index (χ2n) is 3.07. The predicted octanol–water partition coefficient (Wildman–Crippen LogP) is 0.712. The fourth-order valence-electron chi connectivity index (χ4n) is 1.07. The van der Waals surface area contributed by atoms with Gasteiger partial charge >= 0.3 is 5.97 Å². The SMILES string of the molecule is COCCCNc1ccc(C(=O)OC)nn1. The van der Waals surface area contributed by atoms with Gasteiger partial charge in [-0.3, -0.25) is 0 Å². The number of carbonyl (C=O) groups is 1.